The van der Waals surface area contributed by atoms with Gasteiger partial charge in [-0.1, -0.05) is 6.07 Å². The SMILES string of the molecule is O=C(O)c1ccc(Nc2ccc3ncccc3c2)cc1. The molecule has 20 heavy (non-hydrogen) atoms. The predicted octanol–water partition coefficient (Wildman–Crippen LogP) is 3.68. The van der Waals surface area contributed by atoms with E-state index in [-0.39, 0.29) is 5.56 Å². The van der Waals surface area contributed by atoms with Crippen molar-refractivity contribution in [3.63, 3.8) is 0 Å². The third-order valence-electron chi connectivity index (χ3n) is 3.02. The summed E-state index contributed by atoms with van der Waals surface area (Å²) in [7, 11) is 0. The van der Waals surface area contributed by atoms with Gasteiger partial charge in [-0.05, 0) is 48.5 Å². The molecule has 3 aromatic rings. The molecule has 0 aliphatic rings. The van der Waals surface area contributed by atoms with Crippen LogP contribution < -0.4 is 5.32 Å². The summed E-state index contributed by atoms with van der Waals surface area (Å²) in [4.78, 5) is 15.1. The van der Waals surface area contributed by atoms with Crippen molar-refractivity contribution >= 4 is 28.2 Å². The van der Waals surface area contributed by atoms with Crippen LogP contribution in [-0.2, 0) is 0 Å². The second kappa shape index (κ2) is 5.01. The fourth-order valence-corrected chi connectivity index (χ4v) is 2.02. The van der Waals surface area contributed by atoms with E-state index in [1.165, 1.54) is 0 Å². The Hall–Kier alpha value is -2.88. The molecular weight excluding hydrogens is 252 g/mol. The molecule has 0 unspecified atom stereocenters. The first-order chi connectivity index (χ1) is 9.72. The molecule has 2 N–H and O–H groups in total. The number of carboxylic acid groups (broad SMARTS) is 1. The number of carboxylic acids is 1. The Balaban J connectivity index is 1.87. The topological polar surface area (TPSA) is 62.2 Å². The summed E-state index contributed by atoms with van der Waals surface area (Å²) in [6.45, 7) is 0. The van der Waals surface area contributed by atoms with Crippen molar-refractivity contribution in [1.82, 2.24) is 4.98 Å². The molecule has 4 nitrogen and oxygen atoms in total. The van der Waals surface area contributed by atoms with Gasteiger partial charge >= 0.3 is 5.97 Å². The van der Waals surface area contributed by atoms with Gasteiger partial charge in [-0.3, -0.25) is 4.98 Å². The lowest BCUT2D eigenvalue weighted by Gasteiger charge is -2.07. The summed E-state index contributed by atoms with van der Waals surface area (Å²) < 4.78 is 0. The fraction of sp³-hybridized carbons (Fsp3) is 0. The largest absolute Gasteiger partial charge is 0.478 e. The Morgan fingerprint density at radius 3 is 2.50 bits per heavy atom. The van der Waals surface area contributed by atoms with Crippen LogP contribution in [-0.4, -0.2) is 16.1 Å². The van der Waals surface area contributed by atoms with Crippen molar-refractivity contribution in [2.24, 2.45) is 0 Å². The Morgan fingerprint density at radius 1 is 1.00 bits per heavy atom. The molecule has 4 heteroatoms. The van der Waals surface area contributed by atoms with E-state index < -0.39 is 5.97 Å². The Kier molecular flexibility index (Phi) is 3.05. The summed E-state index contributed by atoms with van der Waals surface area (Å²) in [5.74, 6) is -0.923. The Labute approximate surface area is 115 Å². The maximum absolute atomic E-state index is 10.8. The first kappa shape index (κ1) is 12.2. The summed E-state index contributed by atoms with van der Waals surface area (Å²) in [5, 5.41) is 13.2. The molecule has 2 aromatic carbocycles. The molecule has 1 heterocycles. The zero-order valence-corrected chi connectivity index (χ0v) is 10.6. The Morgan fingerprint density at radius 2 is 1.75 bits per heavy atom. The maximum atomic E-state index is 10.8. The zero-order valence-electron chi connectivity index (χ0n) is 10.6. The molecule has 1 aromatic heterocycles. The van der Waals surface area contributed by atoms with Gasteiger partial charge in [0.2, 0.25) is 0 Å². The maximum Gasteiger partial charge on any atom is 0.335 e. The first-order valence-corrected chi connectivity index (χ1v) is 6.17. The quantitative estimate of drug-likeness (QED) is 0.757. The van der Waals surface area contributed by atoms with E-state index in [2.05, 4.69) is 10.3 Å². The van der Waals surface area contributed by atoms with Crippen LogP contribution in [0.4, 0.5) is 11.4 Å². The molecule has 0 bridgehead atoms. The summed E-state index contributed by atoms with van der Waals surface area (Å²) in [5.41, 5.74) is 3.00. The number of benzene rings is 2. The molecule has 0 atom stereocenters. The van der Waals surface area contributed by atoms with E-state index in [0.717, 1.165) is 22.3 Å². The monoisotopic (exact) mass is 264 g/mol. The third kappa shape index (κ3) is 2.44. The molecule has 0 saturated heterocycles. The van der Waals surface area contributed by atoms with Crippen molar-refractivity contribution in [3.8, 4) is 0 Å². The highest BCUT2D eigenvalue weighted by molar-refractivity contribution is 5.88. The number of pyridine rings is 1. The van der Waals surface area contributed by atoms with E-state index in [4.69, 9.17) is 5.11 Å². The third-order valence-corrected chi connectivity index (χ3v) is 3.02. The van der Waals surface area contributed by atoms with Crippen molar-refractivity contribution < 1.29 is 9.90 Å². The van der Waals surface area contributed by atoms with E-state index in [1.54, 1.807) is 30.5 Å². The second-order valence-electron chi connectivity index (χ2n) is 4.42. The lowest BCUT2D eigenvalue weighted by molar-refractivity contribution is 0.0697. The van der Waals surface area contributed by atoms with Crippen LogP contribution in [0, 0.1) is 0 Å². The van der Waals surface area contributed by atoms with Crippen molar-refractivity contribution in [1.29, 1.82) is 0 Å². The summed E-state index contributed by atoms with van der Waals surface area (Å²) >= 11 is 0. The minimum absolute atomic E-state index is 0.276. The molecule has 0 aliphatic carbocycles. The van der Waals surface area contributed by atoms with Crippen LogP contribution in [0.2, 0.25) is 0 Å². The van der Waals surface area contributed by atoms with Gasteiger partial charge in [-0.2, -0.15) is 0 Å². The number of nitrogens with one attached hydrogen (secondary N) is 1. The molecule has 0 aliphatic heterocycles. The van der Waals surface area contributed by atoms with E-state index in [0.29, 0.717) is 0 Å². The van der Waals surface area contributed by atoms with Gasteiger partial charge in [0.05, 0.1) is 11.1 Å². The predicted molar refractivity (Wildman–Crippen MR) is 78.4 cm³/mol. The number of anilines is 2. The fourth-order valence-electron chi connectivity index (χ4n) is 2.02. The molecular formula is C16H12N2O2. The highest BCUT2D eigenvalue weighted by Gasteiger charge is 2.02. The molecule has 0 saturated carbocycles. The second-order valence-corrected chi connectivity index (χ2v) is 4.42. The minimum atomic E-state index is -0.923. The zero-order chi connectivity index (χ0) is 13.9. The molecule has 0 radical (unpaired) electrons. The van der Waals surface area contributed by atoms with Crippen molar-refractivity contribution in [3.05, 3.63) is 66.4 Å². The highest BCUT2D eigenvalue weighted by Crippen LogP contribution is 2.21. The average molecular weight is 264 g/mol. The molecule has 0 fully saturated rings. The van der Waals surface area contributed by atoms with Gasteiger partial charge in [0, 0.05) is 23.0 Å². The normalized spacial score (nSPS) is 10.4. The van der Waals surface area contributed by atoms with Gasteiger partial charge in [0.25, 0.3) is 0 Å². The number of aromatic nitrogens is 1. The first-order valence-electron chi connectivity index (χ1n) is 6.17. The van der Waals surface area contributed by atoms with E-state index in [9.17, 15) is 4.79 Å². The molecule has 0 amide bonds. The number of hydrogen-bond donors (Lipinski definition) is 2. The Bertz CT molecular complexity index is 767. The van der Waals surface area contributed by atoms with Gasteiger partial charge < -0.3 is 10.4 Å². The standard InChI is InChI=1S/C16H12N2O2/c19-16(20)11-3-5-13(6-4-11)18-14-7-8-15-12(10-14)2-1-9-17-15/h1-10,18H,(H,19,20). The summed E-state index contributed by atoms with van der Waals surface area (Å²) in [6, 6.07) is 16.4. The van der Waals surface area contributed by atoms with Gasteiger partial charge in [-0.15, -0.1) is 0 Å². The summed E-state index contributed by atoms with van der Waals surface area (Å²) in [6.07, 6.45) is 1.76. The number of carbonyl (C=O) groups is 1. The lowest BCUT2D eigenvalue weighted by Crippen LogP contribution is -1.96. The number of fused-ring (bicyclic) bond motifs is 1. The van der Waals surface area contributed by atoms with E-state index >= 15 is 0 Å². The van der Waals surface area contributed by atoms with E-state index in [1.807, 2.05) is 30.3 Å². The van der Waals surface area contributed by atoms with Crippen LogP contribution in [0.1, 0.15) is 10.4 Å². The van der Waals surface area contributed by atoms with Crippen LogP contribution in [0.5, 0.6) is 0 Å². The van der Waals surface area contributed by atoms with Gasteiger partial charge in [-0.25, -0.2) is 4.79 Å². The molecule has 0 spiro atoms. The van der Waals surface area contributed by atoms with Crippen LogP contribution in [0.15, 0.2) is 60.8 Å². The number of hydrogen-bond acceptors (Lipinski definition) is 3. The van der Waals surface area contributed by atoms with Crippen LogP contribution in [0.3, 0.4) is 0 Å². The van der Waals surface area contributed by atoms with Crippen LogP contribution in [0.25, 0.3) is 10.9 Å². The number of rotatable bonds is 3. The van der Waals surface area contributed by atoms with Crippen molar-refractivity contribution in [2.45, 2.75) is 0 Å². The molecule has 3 rings (SSSR count). The van der Waals surface area contributed by atoms with Gasteiger partial charge in [0.15, 0.2) is 0 Å². The average Bonchev–Trinajstić information content (AvgIpc) is 2.48. The van der Waals surface area contributed by atoms with Crippen LogP contribution >= 0.6 is 0 Å². The molecule has 98 valence electrons. The van der Waals surface area contributed by atoms with Gasteiger partial charge in [0.1, 0.15) is 0 Å². The lowest BCUT2D eigenvalue weighted by atomic mass is 10.1. The number of nitrogens with zero attached hydrogens (tertiary/aromatic N) is 1. The minimum Gasteiger partial charge on any atom is -0.478 e. The number of aromatic carboxylic acids is 1. The highest BCUT2D eigenvalue weighted by atomic mass is 16.4. The van der Waals surface area contributed by atoms with Crippen molar-refractivity contribution in [2.75, 3.05) is 5.32 Å². The smallest absolute Gasteiger partial charge is 0.335 e.